The van der Waals surface area contributed by atoms with Gasteiger partial charge in [-0.1, -0.05) is 43.9 Å². The van der Waals surface area contributed by atoms with Gasteiger partial charge < -0.3 is 10.2 Å². The van der Waals surface area contributed by atoms with Gasteiger partial charge in [0.05, 0.1) is 0 Å². The van der Waals surface area contributed by atoms with Gasteiger partial charge in [-0.05, 0) is 12.8 Å². The van der Waals surface area contributed by atoms with E-state index in [1.54, 1.807) is 23.1 Å². The van der Waals surface area contributed by atoms with Gasteiger partial charge in [0.1, 0.15) is 0 Å². The van der Waals surface area contributed by atoms with Crippen LogP contribution in [-0.2, 0) is 0 Å². The summed E-state index contributed by atoms with van der Waals surface area (Å²) in [5, 5.41) is 13.4. The van der Waals surface area contributed by atoms with Crippen molar-refractivity contribution in [3.05, 3.63) is 0 Å². The molecule has 1 rings (SSSR count). The van der Waals surface area contributed by atoms with Crippen molar-refractivity contribution in [3.8, 4) is 0 Å². The first-order valence-corrected chi connectivity index (χ1v) is 8.17. The molecule has 104 valence electrons. The van der Waals surface area contributed by atoms with E-state index in [1.165, 1.54) is 12.8 Å². The van der Waals surface area contributed by atoms with Crippen LogP contribution in [0.4, 0.5) is 5.13 Å². The van der Waals surface area contributed by atoms with Gasteiger partial charge >= 0.3 is 0 Å². The van der Waals surface area contributed by atoms with Crippen molar-refractivity contribution in [2.45, 2.75) is 49.2 Å². The average molecular weight is 288 g/mol. The fourth-order valence-corrected chi connectivity index (χ4v) is 3.58. The quantitative estimate of drug-likeness (QED) is 0.745. The van der Waals surface area contributed by atoms with Gasteiger partial charge in [-0.25, -0.2) is 0 Å². The Balaban J connectivity index is 2.36. The lowest BCUT2D eigenvalue weighted by Gasteiger charge is -2.17. The minimum atomic E-state index is 0.522. The number of thioether (sulfide) groups is 1. The number of aromatic nitrogens is 2. The molecule has 0 aliphatic heterocycles. The number of nitrogens with one attached hydrogen (secondary N) is 1. The smallest absolute Gasteiger partial charge is 0.208 e. The molecule has 0 radical (unpaired) electrons. The Bertz CT molecular complexity index is 337. The zero-order valence-corrected chi connectivity index (χ0v) is 13.6. The fraction of sp³-hybridized carbons (Fsp3) is 0.833. The summed E-state index contributed by atoms with van der Waals surface area (Å²) >= 11 is 3.45. The van der Waals surface area contributed by atoms with E-state index in [9.17, 15) is 0 Å². The number of hydrogen-bond donors (Lipinski definition) is 1. The van der Waals surface area contributed by atoms with E-state index in [4.69, 9.17) is 0 Å². The molecule has 1 aromatic rings. The lowest BCUT2D eigenvalue weighted by atomic mass is 10.2. The van der Waals surface area contributed by atoms with E-state index in [0.717, 1.165) is 16.0 Å². The van der Waals surface area contributed by atoms with Gasteiger partial charge in [-0.15, -0.1) is 10.2 Å². The van der Waals surface area contributed by atoms with Crippen LogP contribution in [-0.4, -0.2) is 42.1 Å². The Hall–Kier alpha value is -0.330. The highest BCUT2D eigenvalue weighted by Crippen LogP contribution is 2.29. The summed E-state index contributed by atoms with van der Waals surface area (Å²) in [6.07, 6.45) is 2.38. The van der Waals surface area contributed by atoms with E-state index >= 15 is 0 Å². The Morgan fingerprint density at radius 3 is 2.44 bits per heavy atom. The Labute approximate surface area is 119 Å². The molecule has 1 heterocycles. The predicted molar refractivity (Wildman–Crippen MR) is 81.9 cm³/mol. The zero-order chi connectivity index (χ0) is 13.5. The highest BCUT2D eigenvalue weighted by Gasteiger charge is 2.12. The molecule has 0 aliphatic carbocycles. The minimum absolute atomic E-state index is 0.522. The van der Waals surface area contributed by atoms with Crippen molar-refractivity contribution in [1.82, 2.24) is 15.5 Å². The third kappa shape index (κ3) is 5.12. The fourth-order valence-electron chi connectivity index (χ4n) is 1.55. The van der Waals surface area contributed by atoms with Crippen LogP contribution in [0.5, 0.6) is 0 Å². The van der Waals surface area contributed by atoms with Crippen molar-refractivity contribution in [2.24, 2.45) is 0 Å². The van der Waals surface area contributed by atoms with E-state index < -0.39 is 0 Å². The van der Waals surface area contributed by atoms with Gasteiger partial charge in [-0.3, -0.25) is 0 Å². The standard InChI is InChI=1S/C12H24N4S2/c1-6-10(7-2)13-8-9(3)17-12-15-14-11(18-12)16(4)5/h9-10,13H,6-8H2,1-5H3. The molecule has 0 amide bonds. The van der Waals surface area contributed by atoms with Crippen molar-refractivity contribution in [3.63, 3.8) is 0 Å². The second kappa shape index (κ2) is 7.96. The topological polar surface area (TPSA) is 41.1 Å². The molecular weight excluding hydrogens is 264 g/mol. The van der Waals surface area contributed by atoms with Gasteiger partial charge in [0.2, 0.25) is 5.13 Å². The van der Waals surface area contributed by atoms with E-state index in [2.05, 4.69) is 36.3 Å². The van der Waals surface area contributed by atoms with Crippen LogP contribution < -0.4 is 10.2 Å². The first-order chi connectivity index (χ1) is 8.56. The van der Waals surface area contributed by atoms with Gasteiger partial charge in [0, 0.05) is 31.9 Å². The van der Waals surface area contributed by atoms with Crippen LogP contribution in [0.15, 0.2) is 4.34 Å². The maximum absolute atomic E-state index is 4.21. The SMILES string of the molecule is CCC(CC)NCC(C)Sc1nnc(N(C)C)s1. The highest BCUT2D eigenvalue weighted by atomic mass is 32.2. The molecule has 1 aromatic heterocycles. The first-order valence-electron chi connectivity index (χ1n) is 6.47. The molecule has 4 nitrogen and oxygen atoms in total. The summed E-state index contributed by atoms with van der Waals surface area (Å²) in [6.45, 7) is 7.71. The van der Waals surface area contributed by atoms with E-state index in [0.29, 0.717) is 11.3 Å². The molecule has 0 bridgehead atoms. The number of anilines is 1. The molecule has 1 unspecified atom stereocenters. The molecule has 0 saturated carbocycles. The maximum atomic E-state index is 4.21. The van der Waals surface area contributed by atoms with Crippen LogP contribution in [0.3, 0.4) is 0 Å². The third-order valence-electron chi connectivity index (χ3n) is 2.76. The van der Waals surface area contributed by atoms with Crippen LogP contribution in [0, 0.1) is 0 Å². The summed E-state index contributed by atoms with van der Waals surface area (Å²) in [5.74, 6) is 0. The highest BCUT2D eigenvalue weighted by molar-refractivity contribution is 8.01. The summed E-state index contributed by atoms with van der Waals surface area (Å²) in [5.41, 5.74) is 0. The first kappa shape index (κ1) is 15.7. The van der Waals surface area contributed by atoms with Gasteiger partial charge in [-0.2, -0.15) is 0 Å². The number of rotatable bonds is 8. The summed E-state index contributed by atoms with van der Waals surface area (Å²) in [7, 11) is 3.99. The average Bonchev–Trinajstić information content (AvgIpc) is 2.79. The van der Waals surface area contributed by atoms with Crippen molar-refractivity contribution >= 4 is 28.2 Å². The van der Waals surface area contributed by atoms with Crippen LogP contribution in [0.1, 0.15) is 33.6 Å². The molecular formula is C12H24N4S2. The predicted octanol–water partition coefficient (Wildman–Crippen LogP) is 2.86. The Morgan fingerprint density at radius 1 is 1.28 bits per heavy atom. The normalized spacial score (nSPS) is 13.0. The Morgan fingerprint density at radius 2 is 1.94 bits per heavy atom. The molecule has 0 fully saturated rings. The summed E-state index contributed by atoms with van der Waals surface area (Å²) in [4.78, 5) is 1.99. The van der Waals surface area contributed by atoms with Gasteiger partial charge in [0.25, 0.3) is 0 Å². The third-order valence-corrected chi connectivity index (χ3v) is 5.04. The molecule has 1 N–H and O–H groups in total. The molecule has 18 heavy (non-hydrogen) atoms. The number of hydrogen-bond acceptors (Lipinski definition) is 6. The van der Waals surface area contributed by atoms with Crippen LogP contribution >= 0.6 is 23.1 Å². The second-order valence-corrected chi connectivity index (χ2v) is 7.24. The van der Waals surface area contributed by atoms with E-state index in [-0.39, 0.29) is 0 Å². The second-order valence-electron chi connectivity index (χ2n) is 4.60. The molecule has 6 heteroatoms. The summed E-state index contributed by atoms with van der Waals surface area (Å²) in [6, 6.07) is 0.639. The molecule has 0 aromatic carbocycles. The molecule has 0 spiro atoms. The molecule has 0 saturated heterocycles. The lowest BCUT2D eigenvalue weighted by Crippen LogP contribution is -2.32. The van der Waals surface area contributed by atoms with Crippen molar-refractivity contribution in [2.75, 3.05) is 25.5 Å². The molecule has 0 aliphatic rings. The Kier molecular flexibility index (Phi) is 6.96. The molecule has 1 atom stereocenters. The van der Waals surface area contributed by atoms with Crippen LogP contribution in [0.2, 0.25) is 0 Å². The summed E-state index contributed by atoms with van der Waals surface area (Å²) < 4.78 is 1.05. The van der Waals surface area contributed by atoms with Gasteiger partial charge in [0.15, 0.2) is 4.34 Å². The van der Waals surface area contributed by atoms with Crippen LogP contribution in [0.25, 0.3) is 0 Å². The minimum Gasteiger partial charge on any atom is -0.353 e. The monoisotopic (exact) mass is 288 g/mol. The zero-order valence-electron chi connectivity index (χ0n) is 11.9. The van der Waals surface area contributed by atoms with Crippen molar-refractivity contribution < 1.29 is 0 Å². The van der Waals surface area contributed by atoms with E-state index in [1.807, 2.05) is 19.0 Å². The lowest BCUT2D eigenvalue weighted by molar-refractivity contribution is 0.488. The maximum Gasteiger partial charge on any atom is 0.208 e. The number of nitrogens with zero attached hydrogens (tertiary/aromatic N) is 3. The van der Waals surface area contributed by atoms with Crippen molar-refractivity contribution in [1.29, 1.82) is 0 Å². The largest absolute Gasteiger partial charge is 0.353 e.